The van der Waals surface area contributed by atoms with E-state index in [0.717, 1.165) is 56.0 Å². The van der Waals surface area contributed by atoms with Gasteiger partial charge in [-0.05, 0) is 87.4 Å². The average Bonchev–Trinajstić information content (AvgIpc) is 3.54. The molecule has 1 unspecified atom stereocenters. The van der Waals surface area contributed by atoms with Gasteiger partial charge in [0.1, 0.15) is 17.7 Å². The lowest BCUT2D eigenvalue weighted by Crippen LogP contribution is -2.41. The van der Waals surface area contributed by atoms with E-state index in [2.05, 4.69) is 45.7 Å². The van der Waals surface area contributed by atoms with E-state index in [0.29, 0.717) is 53.8 Å². The minimum atomic E-state index is -0.981. The van der Waals surface area contributed by atoms with Gasteiger partial charge < -0.3 is 20.2 Å². The normalized spacial score (nSPS) is 20.0. The number of nitrogens with zero attached hydrogens (tertiary/aromatic N) is 7. The summed E-state index contributed by atoms with van der Waals surface area (Å²) in [6.07, 6.45) is 7.45. The van der Waals surface area contributed by atoms with Crippen molar-refractivity contribution in [3.63, 3.8) is 0 Å². The molecule has 1 aromatic carbocycles. The Hall–Kier alpha value is -4.09. The van der Waals surface area contributed by atoms with Gasteiger partial charge in [-0.2, -0.15) is 4.98 Å². The largest absolute Gasteiger partial charge is 0.384 e. The lowest BCUT2D eigenvalue weighted by molar-refractivity contribution is 0.0306. The Bertz CT molecular complexity index is 1720. The van der Waals surface area contributed by atoms with Gasteiger partial charge in [0.25, 0.3) is 5.56 Å². The first-order chi connectivity index (χ1) is 21.9. The zero-order valence-electron chi connectivity index (χ0n) is 26.3. The molecule has 4 aromatic rings. The molecule has 11 heteroatoms. The molecule has 6 rings (SSSR count). The molecule has 2 atom stereocenters. The summed E-state index contributed by atoms with van der Waals surface area (Å²) in [6, 6.07) is 12.0. The highest BCUT2D eigenvalue weighted by molar-refractivity contribution is 5.77. The lowest BCUT2D eigenvalue weighted by Gasteiger charge is -2.35. The van der Waals surface area contributed by atoms with Gasteiger partial charge in [-0.3, -0.25) is 4.79 Å². The Kier molecular flexibility index (Phi) is 9.00. The number of nitrogens with one attached hydrogen (secondary N) is 1. The number of halogens is 1. The second-order valence-corrected chi connectivity index (χ2v) is 12.2. The minimum Gasteiger partial charge on any atom is -0.384 e. The maximum Gasteiger partial charge on any atom is 0.278 e. The van der Waals surface area contributed by atoms with Crippen LogP contribution in [0, 0.1) is 5.92 Å². The fourth-order valence-corrected chi connectivity index (χ4v) is 6.85. The maximum atomic E-state index is 13.4. The Morgan fingerprint density at radius 2 is 2.02 bits per heavy atom. The number of hydrogen-bond donors (Lipinski definition) is 2. The molecule has 10 nitrogen and oxygen atoms in total. The van der Waals surface area contributed by atoms with Gasteiger partial charge in [0.05, 0.1) is 12.2 Å². The van der Waals surface area contributed by atoms with Gasteiger partial charge in [0, 0.05) is 43.8 Å². The summed E-state index contributed by atoms with van der Waals surface area (Å²) >= 11 is 0. The van der Waals surface area contributed by atoms with E-state index in [-0.39, 0.29) is 18.8 Å². The number of pyridine rings is 1. The smallest absolute Gasteiger partial charge is 0.278 e. The van der Waals surface area contributed by atoms with Crippen molar-refractivity contribution in [2.45, 2.75) is 58.1 Å². The summed E-state index contributed by atoms with van der Waals surface area (Å²) in [5.41, 5.74) is 2.85. The Labute approximate surface area is 263 Å². The van der Waals surface area contributed by atoms with E-state index in [9.17, 15) is 14.3 Å². The third-order valence-electron chi connectivity index (χ3n) is 9.35. The van der Waals surface area contributed by atoms with E-state index in [1.165, 1.54) is 6.42 Å². The average molecular weight is 615 g/mol. The number of aryl methyl sites for hydroxylation is 1. The first-order valence-electron chi connectivity index (χ1n) is 16.1. The molecule has 0 spiro atoms. The number of allylic oxidation sites excluding steroid dienone is 1. The molecule has 0 amide bonds. The van der Waals surface area contributed by atoms with Crippen molar-refractivity contribution in [3.05, 3.63) is 76.9 Å². The zero-order valence-corrected chi connectivity index (χ0v) is 26.3. The van der Waals surface area contributed by atoms with Crippen LogP contribution in [-0.4, -0.2) is 73.7 Å². The number of hydrogen-bond acceptors (Lipinski definition) is 8. The third kappa shape index (κ3) is 6.11. The molecule has 2 N–H and O–H groups in total. The molecule has 238 valence electrons. The second kappa shape index (κ2) is 13.1. The number of benzene rings is 1. The number of aliphatic hydroxyl groups is 1. The van der Waals surface area contributed by atoms with Crippen LogP contribution in [0.2, 0.25) is 0 Å². The van der Waals surface area contributed by atoms with Crippen molar-refractivity contribution in [1.29, 1.82) is 0 Å². The van der Waals surface area contributed by atoms with Crippen LogP contribution < -0.4 is 15.8 Å². The molecular weight excluding hydrogens is 571 g/mol. The van der Waals surface area contributed by atoms with Crippen LogP contribution >= 0.6 is 0 Å². The van der Waals surface area contributed by atoms with Crippen LogP contribution in [-0.2, 0) is 18.6 Å². The van der Waals surface area contributed by atoms with Gasteiger partial charge in [-0.1, -0.05) is 19.1 Å². The fourth-order valence-electron chi connectivity index (χ4n) is 6.85. The molecule has 4 heterocycles. The van der Waals surface area contributed by atoms with Crippen LogP contribution in [0.25, 0.3) is 16.9 Å². The molecule has 3 aromatic heterocycles. The predicted molar refractivity (Wildman–Crippen MR) is 176 cm³/mol. The van der Waals surface area contributed by atoms with Crippen molar-refractivity contribution < 1.29 is 9.50 Å². The predicted octanol–water partition coefficient (Wildman–Crippen LogP) is 4.96. The molecule has 1 aliphatic carbocycles. The highest BCUT2D eigenvalue weighted by atomic mass is 19.1. The monoisotopic (exact) mass is 614 g/mol. The number of rotatable bonds is 12. The van der Waals surface area contributed by atoms with Crippen LogP contribution in [0.4, 0.5) is 21.7 Å². The van der Waals surface area contributed by atoms with E-state index < -0.39 is 5.60 Å². The van der Waals surface area contributed by atoms with Gasteiger partial charge in [0.15, 0.2) is 11.5 Å². The van der Waals surface area contributed by atoms with Gasteiger partial charge in [0.2, 0.25) is 5.95 Å². The van der Waals surface area contributed by atoms with Gasteiger partial charge >= 0.3 is 0 Å². The highest BCUT2D eigenvalue weighted by Gasteiger charge is 2.37. The molecule has 1 aliphatic heterocycles. The quantitative estimate of drug-likeness (QED) is 0.216. The maximum absolute atomic E-state index is 13.4. The minimum absolute atomic E-state index is 0.237. The number of alkyl halides is 1. The van der Waals surface area contributed by atoms with Crippen molar-refractivity contribution in [1.82, 2.24) is 29.2 Å². The number of fused-ring (bicyclic) bond motifs is 2. The highest BCUT2D eigenvalue weighted by Crippen LogP contribution is 2.38. The zero-order chi connectivity index (χ0) is 31.6. The van der Waals surface area contributed by atoms with E-state index in [1.54, 1.807) is 21.6 Å². The summed E-state index contributed by atoms with van der Waals surface area (Å²) in [5, 5.41) is 14.9. The number of aromatic nitrogens is 5. The summed E-state index contributed by atoms with van der Waals surface area (Å²) in [7, 11) is 0. The van der Waals surface area contributed by atoms with Crippen molar-refractivity contribution in [3.8, 4) is 5.82 Å². The first-order valence-corrected chi connectivity index (χ1v) is 16.1. The SMILES string of the molecule is C=CCn1c(=O)c2cnc(Nc3ccc(N(CC)CC4CCCN(CCF)C4)cc3)nc2n1-c1ccc2c(n1)[C@](O)(CC)CC2. The molecule has 0 saturated carbocycles. The standard InChI is InChI=1S/C34H43FN8O2/c1-4-18-42-32(44)28-21-36-33(39-31(28)43(42)29-14-9-25-15-16-34(45,5-2)30(25)38-29)37-26-10-12-27(13-11-26)41(6-3)23-24-8-7-19-40(22-24)20-17-35/h4,9-14,21,24,45H,1,5-8,15-20,22-23H2,2-3H3,(H,36,37,39)/t24?,34-/m0/s1. The molecule has 1 fully saturated rings. The summed E-state index contributed by atoms with van der Waals surface area (Å²) in [5.74, 6) is 1.38. The van der Waals surface area contributed by atoms with Crippen molar-refractivity contribution in [2.75, 3.05) is 49.6 Å². The summed E-state index contributed by atoms with van der Waals surface area (Å²) in [6.45, 7) is 12.2. The third-order valence-corrected chi connectivity index (χ3v) is 9.35. The van der Waals surface area contributed by atoms with Crippen molar-refractivity contribution >= 4 is 28.4 Å². The van der Waals surface area contributed by atoms with Crippen LogP contribution in [0.15, 0.2) is 60.0 Å². The number of anilines is 3. The first kappa shape index (κ1) is 30.9. The molecule has 0 bridgehead atoms. The molecule has 0 radical (unpaired) electrons. The Morgan fingerprint density at radius 3 is 2.76 bits per heavy atom. The van der Waals surface area contributed by atoms with E-state index >= 15 is 0 Å². The summed E-state index contributed by atoms with van der Waals surface area (Å²) < 4.78 is 16.1. The molecule has 1 saturated heterocycles. The topological polar surface area (TPSA) is 104 Å². The fraction of sp³-hybridized carbons (Fsp3) is 0.471. The molecule has 45 heavy (non-hydrogen) atoms. The lowest BCUT2D eigenvalue weighted by atomic mass is 9.97. The van der Waals surface area contributed by atoms with E-state index in [4.69, 9.17) is 9.97 Å². The number of piperidine rings is 1. The van der Waals surface area contributed by atoms with Gasteiger partial charge in [-0.15, -0.1) is 6.58 Å². The summed E-state index contributed by atoms with van der Waals surface area (Å²) in [4.78, 5) is 32.1. The molecule has 2 aliphatic rings. The number of likely N-dealkylation sites (tertiary alicyclic amines) is 1. The van der Waals surface area contributed by atoms with Crippen LogP contribution in [0.3, 0.4) is 0 Å². The Morgan fingerprint density at radius 1 is 1.20 bits per heavy atom. The van der Waals surface area contributed by atoms with E-state index in [1.807, 2.05) is 31.2 Å². The van der Waals surface area contributed by atoms with Crippen LogP contribution in [0.1, 0.15) is 50.8 Å². The molecular formula is C34H43FN8O2. The van der Waals surface area contributed by atoms with Crippen molar-refractivity contribution in [2.24, 2.45) is 5.92 Å². The van der Waals surface area contributed by atoms with Gasteiger partial charge in [-0.25, -0.2) is 23.7 Å². The second-order valence-electron chi connectivity index (χ2n) is 12.2. The Balaban J connectivity index is 1.26. The van der Waals surface area contributed by atoms with Crippen LogP contribution in [0.5, 0.6) is 0 Å².